The smallest absolute Gasteiger partial charge is 0.372 e. The minimum Gasteiger partial charge on any atom is -0.372 e. The molecule has 0 heterocycles. The molecule has 3 nitrogen and oxygen atoms in total. The number of carbonyl (C=O) groups excluding carboxylic acids is 1. The Morgan fingerprint density at radius 3 is 2.44 bits per heavy atom. The summed E-state index contributed by atoms with van der Waals surface area (Å²) in [6.07, 6.45) is -3.58. The third-order valence-electron chi connectivity index (χ3n) is 2.05. The minimum atomic E-state index is -4.34. The van der Waals surface area contributed by atoms with Gasteiger partial charge >= 0.3 is 6.18 Å². The third-order valence-corrected chi connectivity index (χ3v) is 2.83. The Hall–Kier alpha value is -0.300. The molecule has 0 aromatic carbocycles. The molecule has 0 spiro atoms. The van der Waals surface area contributed by atoms with Gasteiger partial charge in [0.25, 0.3) is 0 Å². The predicted molar refractivity (Wildman–Crippen MR) is 66.7 cm³/mol. The van der Waals surface area contributed by atoms with E-state index in [0.29, 0.717) is 11.2 Å². The number of hydrogen-bond acceptors (Lipinski definition) is 2. The van der Waals surface area contributed by atoms with E-state index in [1.807, 2.05) is 13.8 Å². The zero-order valence-corrected chi connectivity index (χ0v) is 12.1. The highest BCUT2D eigenvalue weighted by atomic mass is 79.9. The second kappa shape index (κ2) is 8.74. The summed E-state index contributed by atoms with van der Waals surface area (Å²) in [5.41, 5.74) is 0. The van der Waals surface area contributed by atoms with Crippen LogP contribution >= 0.6 is 15.9 Å². The number of nitrogens with one attached hydrogen (secondary N) is 1. The molecular weight excluding hydrogens is 315 g/mol. The van der Waals surface area contributed by atoms with Crippen LogP contribution in [0.25, 0.3) is 0 Å². The summed E-state index contributed by atoms with van der Waals surface area (Å²) < 4.78 is 39.6. The summed E-state index contributed by atoms with van der Waals surface area (Å²) in [5.74, 6) is 0.150. The summed E-state index contributed by atoms with van der Waals surface area (Å²) in [7, 11) is 0. The third kappa shape index (κ3) is 10.8. The van der Waals surface area contributed by atoms with E-state index in [1.165, 1.54) is 0 Å². The first-order chi connectivity index (χ1) is 8.24. The summed E-state index contributed by atoms with van der Waals surface area (Å²) in [5, 5.41) is 3.37. The van der Waals surface area contributed by atoms with Crippen LogP contribution in [0.2, 0.25) is 0 Å². The van der Waals surface area contributed by atoms with Gasteiger partial charge in [0.1, 0.15) is 6.61 Å². The normalized spacial score (nSPS) is 13.7. The van der Waals surface area contributed by atoms with E-state index in [2.05, 4.69) is 26.0 Å². The SMILES string of the molecule is CC(C)CC(CBr)NC(=O)CCOCC(F)(F)F. The largest absolute Gasteiger partial charge is 0.411 e. The van der Waals surface area contributed by atoms with E-state index < -0.39 is 12.8 Å². The Morgan fingerprint density at radius 1 is 1.39 bits per heavy atom. The van der Waals surface area contributed by atoms with Crippen molar-refractivity contribution in [3.05, 3.63) is 0 Å². The number of rotatable bonds is 8. The van der Waals surface area contributed by atoms with Gasteiger partial charge in [0.2, 0.25) is 5.91 Å². The Labute approximate surface area is 114 Å². The average Bonchev–Trinajstić information content (AvgIpc) is 2.21. The second-order valence-electron chi connectivity index (χ2n) is 4.47. The number of amides is 1. The molecule has 1 atom stereocenters. The van der Waals surface area contributed by atoms with Gasteiger partial charge < -0.3 is 10.1 Å². The Bertz CT molecular complexity index is 247. The summed E-state index contributed by atoms with van der Waals surface area (Å²) in [4.78, 5) is 11.4. The lowest BCUT2D eigenvalue weighted by Crippen LogP contribution is -2.37. The van der Waals surface area contributed by atoms with Crippen molar-refractivity contribution in [1.82, 2.24) is 5.32 Å². The van der Waals surface area contributed by atoms with Gasteiger partial charge in [-0.25, -0.2) is 0 Å². The first kappa shape index (κ1) is 17.7. The monoisotopic (exact) mass is 333 g/mol. The van der Waals surface area contributed by atoms with Gasteiger partial charge in [-0.1, -0.05) is 29.8 Å². The Kier molecular flexibility index (Phi) is 8.60. The highest BCUT2D eigenvalue weighted by Crippen LogP contribution is 2.14. The van der Waals surface area contributed by atoms with Crippen LogP contribution in [-0.4, -0.2) is 36.7 Å². The molecule has 1 unspecified atom stereocenters. The van der Waals surface area contributed by atoms with E-state index >= 15 is 0 Å². The predicted octanol–water partition coefficient (Wildman–Crippen LogP) is 2.88. The molecule has 1 amide bonds. The molecule has 0 aromatic heterocycles. The first-order valence-electron chi connectivity index (χ1n) is 5.74. The van der Waals surface area contributed by atoms with Crippen molar-refractivity contribution >= 4 is 21.8 Å². The zero-order valence-electron chi connectivity index (χ0n) is 10.5. The molecule has 1 N–H and O–H groups in total. The lowest BCUT2D eigenvalue weighted by Gasteiger charge is -2.18. The van der Waals surface area contributed by atoms with Crippen molar-refractivity contribution < 1.29 is 22.7 Å². The topological polar surface area (TPSA) is 38.3 Å². The van der Waals surface area contributed by atoms with Gasteiger partial charge in [0.15, 0.2) is 0 Å². The van der Waals surface area contributed by atoms with Gasteiger partial charge in [0.05, 0.1) is 6.61 Å². The molecule has 108 valence electrons. The number of hydrogen-bond donors (Lipinski definition) is 1. The van der Waals surface area contributed by atoms with Gasteiger partial charge in [-0.15, -0.1) is 0 Å². The van der Waals surface area contributed by atoms with Crippen LogP contribution in [0, 0.1) is 5.92 Å². The van der Waals surface area contributed by atoms with Gasteiger partial charge in [-0.3, -0.25) is 4.79 Å². The molecule has 0 saturated carbocycles. The van der Waals surface area contributed by atoms with Crippen molar-refractivity contribution in [2.75, 3.05) is 18.5 Å². The molecular formula is C11H19BrF3NO2. The van der Waals surface area contributed by atoms with Gasteiger partial charge in [-0.2, -0.15) is 13.2 Å². The summed E-state index contributed by atoms with van der Waals surface area (Å²) in [6.45, 7) is 2.54. The average molecular weight is 334 g/mol. The minimum absolute atomic E-state index is 0.000108. The molecule has 0 aliphatic rings. The molecule has 7 heteroatoms. The van der Waals surface area contributed by atoms with Crippen molar-refractivity contribution in [2.45, 2.75) is 38.9 Å². The molecule has 0 aromatic rings. The first-order valence-corrected chi connectivity index (χ1v) is 6.86. The Morgan fingerprint density at radius 2 is 2.00 bits per heavy atom. The van der Waals surface area contributed by atoms with Crippen LogP contribution in [-0.2, 0) is 9.53 Å². The van der Waals surface area contributed by atoms with Crippen LogP contribution in [0.3, 0.4) is 0 Å². The van der Waals surface area contributed by atoms with Crippen molar-refractivity contribution in [3.63, 3.8) is 0 Å². The highest BCUT2D eigenvalue weighted by molar-refractivity contribution is 9.09. The van der Waals surface area contributed by atoms with Crippen LogP contribution < -0.4 is 5.32 Å². The molecule has 0 saturated heterocycles. The fourth-order valence-electron chi connectivity index (χ4n) is 1.38. The molecule has 0 radical (unpaired) electrons. The van der Waals surface area contributed by atoms with Gasteiger partial charge in [0, 0.05) is 17.8 Å². The number of alkyl halides is 4. The molecule has 0 aliphatic heterocycles. The second-order valence-corrected chi connectivity index (χ2v) is 5.11. The van der Waals surface area contributed by atoms with Crippen molar-refractivity contribution in [3.8, 4) is 0 Å². The van der Waals surface area contributed by atoms with E-state index in [4.69, 9.17) is 0 Å². The summed E-state index contributed by atoms with van der Waals surface area (Å²) >= 11 is 3.29. The van der Waals surface area contributed by atoms with Crippen LogP contribution in [0.5, 0.6) is 0 Å². The molecule has 0 aliphatic carbocycles. The number of ether oxygens (including phenoxy) is 1. The maximum Gasteiger partial charge on any atom is 0.411 e. The quantitative estimate of drug-likeness (QED) is 0.548. The van der Waals surface area contributed by atoms with E-state index in [0.717, 1.165) is 6.42 Å². The van der Waals surface area contributed by atoms with Crippen LogP contribution in [0.1, 0.15) is 26.7 Å². The molecule has 0 rings (SSSR count). The van der Waals surface area contributed by atoms with E-state index in [9.17, 15) is 18.0 Å². The maximum atomic E-state index is 11.8. The van der Waals surface area contributed by atoms with Crippen LogP contribution in [0.4, 0.5) is 13.2 Å². The maximum absolute atomic E-state index is 11.8. The standard InChI is InChI=1S/C11H19BrF3NO2/c1-8(2)5-9(6-12)16-10(17)3-4-18-7-11(13,14)15/h8-9H,3-7H2,1-2H3,(H,16,17). The highest BCUT2D eigenvalue weighted by Gasteiger charge is 2.27. The molecule has 0 fully saturated rings. The number of carbonyl (C=O) groups is 1. The number of halogens is 4. The van der Waals surface area contributed by atoms with Crippen molar-refractivity contribution in [2.24, 2.45) is 5.92 Å². The molecule has 0 bridgehead atoms. The fraction of sp³-hybridized carbons (Fsp3) is 0.909. The van der Waals surface area contributed by atoms with Crippen LogP contribution in [0.15, 0.2) is 0 Å². The fourth-order valence-corrected chi connectivity index (χ4v) is 1.81. The zero-order chi connectivity index (χ0) is 14.2. The lowest BCUT2D eigenvalue weighted by molar-refractivity contribution is -0.174. The summed E-state index contributed by atoms with van der Waals surface area (Å²) in [6, 6.07) is 0.000108. The lowest BCUT2D eigenvalue weighted by atomic mass is 10.1. The Balaban J connectivity index is 3.75. The van der Waals surface area contributed by atoms with Crippen molar-refractivity contribution in [1.29, 1.82) is 0 Å². The van der Waals surface area contributed by atoms with Gasteiger partial charge in [-0.05, 0) is 12.3 Å². The van der Waals surface area contributed by atoms with E-state index in [-0.39, 0.29) is 25.0 Å². The van der Waals surface area contributed by atoms with E-state index in [1.54, 1.807) is 0 Å². The molecule has 18 heavy (non-hydrogen) atoms.